The summed E-state index contributed by atoms with van der Waals surface area (Å²) < 4.78 is 10.7. The van der Waals surface area contributed by atoms with Crippen molar-refractivity contribution < 1.29 is 23.9 Å². The Morgan fingerprint density at radius 1 is 1.06 bits per heavy atom. The fraction of sp³-hybridized carbons (Fsp3) is 0.250. The van der Waals surface area contributed by atoms with E-state index in [2.05, 4.69) is 4.98 Å². The zero-order valence-electron chi connectivity index (χ0n) is 18.1. The lowest BCUT2D eigenvalue weighted by Crippen LogP contribution is -2.43. The summed E-state index contributed by atoms with van der Waals surface area (Å²) in [7, 11) is 1.47. The highest BCUT2D eigenvalue weighted by Gasteiger charge is 2.52. The third kappa shape index (κ3) is 3.53. The minimum atomic E-state index is -1.06. The van der Waals surface area contributed by atoms with E-state index in [0.29, 0.717) is 17.7 Å². The second-order valence-electron chi connectivity index (χ2n) is 7.87. The molecule has 8 nitrogen and oxygen atoms in total. The van der Waals surface area contributed by atoms with Gasteiger partial charge in [0.15, 0.2) is 17.8 Å². The lowest BCUT2D eigenvalue weighted by atomic mass is 10.0. The molecule has 0 N–H and O–H groups in total. The summed E-state index contributed by atoms with van der Waals surface area (Å²) in [6.45, 7) is 3.53. The molecule has 0 atom stereocenters. The Balaban J connectivity index is 1.70. The van der Waals surface area contributed by atoms with Gasteiger partial charge in [-0.25, -0.2) is 9.69 Å². The number of ether oxygens (including phenoxy) is 2. The molecule has 0 unspecified atom stereocenters. The van der Waals surface area contributed by atoms with Crippen molar-refractivity contribution in [3.05, 3.63) is 60.3 Å². The molecule has 32 heavy (non-hydrogen) atoms. The number of hydrogen-bond donors (Lipinski definition) is 0. The van der Waals surface area contributed by atoms with Crippen LogP contribution in [0.1, 0.15) is 19.4 Å². The van der Waals surface area contributed by atoms with Crippen molar-refractivity contribution in [2.24, 2.45) is 0 Å². The molecule has 1 aromatic heterocycles. The first-order valence-electron chi connectivity index (χ1n) is 10.1. The second kappa shape index (κ2) is 8.30. The number of rotatable bonds is 7. The molecule has 1 fully saturated rings. The van der Waals surface area contributed by atoms with Crippen molar-refractivity contribution in [2.45, 2.75) is 25.9 Å². The van der Waals surface area contributed by atoms with E-state index in [0.717, 1.165) is 21.4 Å². The molecule has 0 bridgehead atoms. The van der Waals surface area contributed by atoms with Crippen LogP contribution in [0.15, 0.2) is 54.7 Å². The molecule has 3 amide bonds. The van der Waals surface area contributed by atoms with E-state index in [4.69, 9.17) is 9.47 Å². The molecule has 1 saturated heterocycles. The van der Waals surface area contributed by atoms with Gasteiger partial charge in [0.05, 0.1) is 18.3 Å². The Hall–Kier alpha value is -3.94. The predicted molar refractivity (Wildman–Crippen MR) is 119 cm³/mol. The van der Waals surface area contributed by atoms with Crippen molar-refractivity contribution in [1.82, 2.24) is 9.88 Å². The van der Waals surface area contributed by atoms with Crippen LogP contribution in [0.2, 0.25) is 0 Å². The number of urea groups is 1. The summed E-state index contributed by atoms with van der Waals surface area (Å²) in [6.07, 6.45) is 2.31. The van der Waals surface area contributed by atoms with Gasteiger partial charge in [0.1, 0.15) is 12.1 Å². The fourth-order valence-electron chi connectivity index (χ4n) is 3.83. The molecule has 4 rings (SSSR count). The van der Waals surface area contributed by atoms with Crippen LogP contribution in [-0.2, 0) is 16.1 Å². The molecular weight excluding hydrogens is 410 g/mol. The molecule has 0 saturated carbocycles. The van der Waals surface area contributed by atoms with Gasteiger partial charge >= 0.3 is 6.03 Å². The molecular formula is C24H23N3O5. The second-order valence-corrected chi connectivity index (χ2v) is 7.87. The van der Waals surface area contributed by atoms with Crippen molar-refractivity contribution in [1.29, 1.82) is 0 Å². The van der Waals surface area contributed by atoms with Crippen LogP contribution < -0.4 is 14.4 Å². The summed E-state index contributed by atoms with van der Waals surface area (Å²) in [6, 6.07) is 13.8. The highest BCUT2D eigenvalue weighted by molar-refractivity contribution is 6.23. The van der Waals surface area contributed by atoms with Gasteiger partial charge in [-0.15, -0.1) is 0 Å². The summed E-state index contributed by atoms with van der Waals surface area (Å²) in [5.74, 6) is 0.315. The number of fused-ring (bicyclic) bond motifs is 1. The number of imide groups is 1. The molecule has 0 spiro atoms. The first kappa shape index (κ1) is 21.3. The van der Waals surface area contributed by atoms with Crippen LogP contribution in [-0.4, -0.2) is 47.4 Å². The van der Waals surface area contributed by atoms with Crippen molar-refractivity contribution in [3.63, 3.8) is 0 Å². The van der Waals surface area contributed by atoms with Gasteiger partial charge in [-0.2, -0.15) is 0 Å². The average molecular weight is 433 g/mol. The molecule has 164 valence electrons. The van der Waals surface area contributed by atoms with E-state index >= 15 is 0 Å². The van der Waals surface area contributed by atoms with Gasteiger partial charge in [-0.1, -0.05) is 18.2 Å². The SMILES string of the molecule is COc1ccc(N2C(=O)N(Cc3ccnc4ccccc34)C(C)(C)C2=O)cc1OCC=O. The molecule has 2 heterocycles. The maximum Gasteiger partial charge on any atom is 0.332 e. The highest BCUT2D eigenvalue weighted by Crippen LogP contribution is 2.38. The third-order valence-corrected chi connectivity index (χ3v) is 5.60. The van der Waals surface area contributed by atoms with Gasteiger partial charge in [-0.3, -0.25) is 14.6 Å². The summed E-state index contributed by atoms with van der Waals surface area (Å²) in [5.41, 5.74) is 1.00. The molecule has 0 radical (unpaired) electrons. The smallest absolute Gasteiger partial charge is 0.332 e. The van der Waals surface area contributed by atoms with E-state index in [9.17, 15) is 14.4 Å². The predicted octanol–water partition coefficient (Wildman–Crippen LogP) is 3.57. The molecule has 8 heteroatoms. The third-order valence-electron chi connectivity index (χ3n) is 5.60. The maximum absolute atomic E-state index is 13.4. The molecule has 2 aromatic carbocycles. The number of hydrogen-bond acceptors (Lipinski definition) is 6. The van der Waals surface area contributed by atoms with E-state index < -0.39 is 11.6 Å². The number of aldehydes is 1. The Kier molecular flexibility index (Phi) is 5.52. The van der Waals surface area contributed by atoms with Crippen LogP contribution in [0.5, 0.6) is 11.5 Å². The number of para-hydroxylation sites is 1. The number of benzene rings is 2. The zero-order chi connectivity index (χ0) is 22.9. The lowest BCUT2D eigenvalue weighted by molar-refractivity contribution is -0.123. The number of amides is 3. The summed E-state index contributed by atoms with van der Waals surface area (Å²) in [5, 5.41) is 0.929. The van der Waals surface area contributed by atoms with Gasteiger partial charge in [-0.05, 0) is 43.7 Å². The van der Waals surface area contributed by atoms with E-state index in [1.807, 2.05) is 30.3 Å². The number of pyridine rings is 1. The standard InChI is InChI=1S/C24H23N3O5/c1-24(2)22(29)27(17-8-9-20(31-3)21(14-17)32-13-12-28)23(30)26(24)15-16-10-11-25-19-7-5-4-6-18(16)19/h4-12,14H,13,15H2,1-3H3. The van der Waals surface area contributed by atoms with Gasteiger partial charge in [0.25, 0.3) is 5.91 Å². The minimum Gasteiger partial charge on any atom is -0.493 e. The number of aromatic nitrogens is 1. The minimum absolute atomic E-state index is 0.172. The molecule has 3 aromatic rings. The summed E-state index contributed by atoms with van der Waals surface area (Å²) in [4.78, 5) is 44.5. The summed E-state index contributed by atoms with van der Waals surface area (Å²) >= 11 is 0. The average Bonchev–Trinajstić information content (AvgIpc) is 2.97. The number of methoxy groups -OCH3 is 1. The van der Waals surface area contributed by atoms with Gasteiger partial charge in [0.2, 0.25) is 0 Å². The maximum atomic E-state index is 13.4. The van der Waals surface area contributed by atoms with E-state index in [1.54, 1.807) is 37.1 Å². The number of carbonyl (C=O) groups is 3. The van der Waals surface area contributed by atoms with Crippen molar-refractivity contribution in [2.75, 3.05) is 18.6 Å². The topological polar surface area (TPSA) is 89.0 Å². The van der Waals surface area contributed by atoms with Crippen LogP contribution in [0.3, 0.4) is 0 Å². The Labute approximate surface area is 185 Å². The van der Waals surface area contributed by atoms with Crippen LogP contribution in [0, 0.1) is 0 Å². The number of carbonyl (C=O) groups excluding carboxylic acids is 3. The Morgan fingerprint density at radius 2 is 1.84 bits per heavy atom. The van der Waals surface area contributed by atoms with Crippen LogP contribution >= 0.6 is 0 Å². The lowest BCUT2D eigenvalue weighted by Gasteiger charge is -2.28. The Morgan fingerprint density at radius 3 is 2.59 bits per heavy atom. The van der Waals surface area contributed by atoms with E-state index in [-0.39, 0.29) is 24.8 Å². The van der Waals surface area contributed by atoms with Gasteiger partial charge in [0, 0.05) is 24.2 Å². The fourth-order valence-corrected chi connectivity index (χ4v) is 3.83. The molecule has 0 aliphatic carbocycles. The van der Waals surface area contributed by atoms with Crippen molar-refractivity contribution >= 4 is 34.8 Å². The first-order valence-corrected chi connectivity index (χ1v) is 10.1. The number of nitrogens with zero attached hydrogens (tertiary/aromatic N) is 3. The highest BCUT2D eigenvalue weighted by atomic mass is 16.5. The normalized spacial score (nSPS) is 15.3. The molecule has 1 aliphatic heterocycles. The quantitative estimate of drug-likeness (QED) is 0.418. The Bertz CT molecular complexity index is 1200. The first-order chi connectivity index (χ1) is 15.4. The van der Waals surface area contributed by atoms with Crippen molar-refractivity contribution in [3.8, 4) is 11.5 Å². The van der Waals surface area contributed by atoms with Crippen LogP contribution in [0.4, 0.5) is 10.5 Å². The largest absolute Gasteiger partial charge is 0.493 e. The van der Waals surface area contributed by atoms with Gasteiger partial charge < -0.3 is 14.4 Å². The van der Waals surface area contributed by atoms with E-state index in [1.165, 1.54) is 13.2 Å². The number of anilines is 1. The van der Waals surface area contributed by atoms with Crippen LogP contribution in [0.25, 0.3) is 10.9 Å². The zero-order valence-corrected chi connectivity index (χ0v) is 18.1. The molecule has 1 aliphatic rings. The monoisotopic (exact) mass is 433 g/mol.